The smallest absolute Gasteiger partial charge is 0.270 e. The van der Waals surface area contributed by atoms with Crippen molar-refractivity contribution < 1.29 is 9.18 Å². The van der Waals surface area contributed by atoms with Crippen molar-refractivity contribution in [2.24, 2.45) is 0 Å². The van der Waals surface area contributed by atoms with Gasteiger partial charge in [0, 0.05) is 38.8 Å². The molecule has 1 N–H and O–H groups in total. The molecule has 0 unspecified atom stereocenters. The molecule has 132 valence electrons. The van der Waals surface area contributed by atoms with Gasteiger partial charge in [-0.1, -0.05) is 19.1 Å². The van der Waals surface area contributed by atoms with E-state index in [0.29, 0.717) is 12.2 Å². The van der Waals surface area contributed by atoms with Gasteiger partial charge in [0.2, 0.25) is 0 Å². The second-order valence-corrected chi connectivity index (χ2v) is 5.99. The van der Waals surface area contributed by atoms with Gasteiger partial charge in [-0.05, 0) is 24.2 Å². The molecule has 0 aliphatic carbocycles. The van der Waals surface area contributed by atoms with Crippen LogP contribution in [0.25, 0.3) is 0 Å². The number of nitrogens with zero attached hydrogens (tertiary/aromatic N) is 4. The highest BCUT2D eigenvalue weighted by molar-refractivity contribution is 5.92. The van der Waals surface area contributed by atoms with Crippen LogP contribution >= 0.6 is 0 Å². The largest absolute Gasteiger partial charge is 0.354 e. The van der Waals surface area contributed by atoms with Crippen molar-refractivity contribution in [1.29, 1.82) is 0 Å². The molecule has 0 radical (unpaired) electrons. The van der Waals surface area contributed by atoms with E-state index in [9.17, 15) is 9.18 Å². The van der Waals surface area contributed by atoms with Crippen LogP contribution in [-0.2, 0) is 6.54 Å². The lowest BCUT2D eigenvalue weighted by atomic mass is 10.2. The SMILES string of the molecule is CCN1CCN(c2cc(C(=O)NCc3ccc(F)cc3)ncn2)CC1. The number of carbonyl (C=O) groups is 1. The molecule has 1 aliphatic heterocycles. The van der Waals surface area contributed by atoms with Crippen LogP contribution in [0, 0.1) is 5.82 Å². The van der Waals surface area contributed by atoms with Crippen LogP contribution in [0.1, 0.15) is 23.0 Å². The molecule has 2 heterocycles. The molecule has 1 saturated heterocycles. The first-order chi connectivity index (χ1) is 12.2. The third-order valence-corrected chi connectivity index (χ3v) is 4.40. The van der Waals surface area contributed by atoms with Crippen molar-refractivity contribution in [2.45, 2.75) is 13.5 Å². The Hall–Kier alpha value is -2.54. The van der Waals surface area contributed by atoms with Crippen molar-refractivity contribution in [2.75, 3.05) is 37.6 Å². The molecule has 3 rings (SSSR count). The fourth-order valence-corrected chi connectivity index (χ4v) is 2.81. The minimum absolute atomic E-state index is 0.264. The van der Waals surface area contributed by atoms with E-state index >= 15 is 0 Å². The molecule has 1 aliphatic rings. The van der Waals surface area contributed by atoms with Crippen LogP contribution in [0.5, 0.6) is 0 Å². The molecule has 0 saturated carbocycles. The van der Waals surface area contributed by atoms with Crippen LogP contribution in [0.4, 0.5) is 10.2 Å². The summed E-state index contributed by atoms with van der Waals surface area (Å²) >= 11 is 0. The minimum Gasteiger partial charge on any atom is -0.354 e. The highest BCUT2D eigenvalue weighted by atomic mass is 19.1. The summed E-state index contributed by atoms with van der Waals surface area (Å²) < 4.78 is 12.9. The van der Waals surface area contributed by atoms with Crippen LogP contribution in [-0.4, -0.2) is 53.5 Å². The second-order valence-electron chi connectivity index (χ2n) is 5.99. The predicted octanol–water partition coefficient (Wildman–Crippen LogP) is 1.69. The summed E-state index contributed by atoms with van der Waals surface area (Å²) in [6.45, 7) is 7.30. The van der Waals surface area contributed by atoms with Crippen LogP contribution in [0.15, 0.2) is 36.7 Å². The number of rotatable bonds is 5. The number of halogens is 1. The molecule has 1 aromatic carbocycles. The first-order valence-electron chi connectivity index (χ1n) is 8.47. The Morgan fingerprint density at radius 2 is 1.88 bits per heavy atom. The van der Waals surface area contributed by atoms with Gasteiger partial charge in [0.15, 0.2) is 0 Å². The summed E-state index contributed by atoms with van der Waals surface area (Å²) in [6, 6.07) is 7.77. The third-order valence-electron chi connectivity index (χ3n) is 4.40. The van der Waals surface area contributed by atoms with Gasteiger partial charge in [0.05, 0.1) is 0 Å². The zero-order valence-corrected chi connectivity index (χ0v) is 14.3. The first-order valence-corrected chi connectivity index (χ1v) is 8.47. The Kier molecular flexibility index (Phi) is 5.55. The molecular weight excluding hydrogens is 321 g/mol. The summed E-state index contributed by atoms with van der Waals surface area (Å²) in [5, 5.41) is 2.80. The van der Waals surface area contributed by atoms with Gasteiger partial charge in [-0.3, -0.25) is 4.79 Å². The van der Waals surface area contributed by atoms with E-state index in [0.717, 1.165) is 44.1 Å². The summed E-state index contributed by atoms with van der Waals surface area (Å²) in [4.78, 5) is 25.2. The van der Waals surface area contributed by atoms with Gasteiger partial charge in [-0.25, -0.2) is 14.4 Å². The van der Waals surface area contributed by atoms with Gasteiger partial charge < -0.3 is 15.1 Å². The molecule has 25 heavy (non-hydrogen) atoms. The molecule has 1 amide bonds. The number of hydrogen-bond acceptors (Lipinski definition) is 5. The average molecular weight is 343 g/mol. The zero-order chi connectivity index (χ0) is 17.6. The van der Waals surface area contributed by atoms with Crippen LogP contribution < -0.4 is 10.2 Å². The lowest BCUT2D eigenvalue weighted by Crippen LogP contribution is -2.46. The minimum atomic E-state index is -0.293. The topological polar surface area (TPSA) is 61.4 Å². The molecule has 7 heteroatoms. The number of hydrogen-bond donors (Lipinski definition) is 1. The van der Waals surface area contributed by atoms with E-state index in [4.69, 9.17) is 0 Å². The Labute approximate surface area is 146 Å². The molecule has 2 aromatic rings. The van der Waals surface area contributed by atoms with Gasteiger partial charge in [0.25, 0.3) is 5.91 Å². The number of benzene rings is 1. The normalized spacial score (nSPS) is 15.2. The van der Waals surface area contributed by atoms with E-state index in [-0.39, 0.29) is 11.7 Å². The number of aromatic nitrogens is 2. The Balaban J connectivity index is 1.60. The molecule has 1 aromatic heterocycles. The molecule has 0 atom stereocenters. The fourth-order valence-electron chi connectivity index (χ4n) is 2.81. The van der Waals surface area contributed by atoms with Crippen LogP contribution in [0.3, 0.4) is 0 Å². The number of anilines is 1. The fraction of sp³-hybridized carbons (Fsp3) is 0.389. The summed E-state index contributed by atoms with van der Waals surface area (Å²) in [7, 11) is 0. The monoisotopic (exact) mass is 343 g/mol. The maximum atomic E-state index is 12.9. The van der Waals surface area contributed by atoms with Gasteiger partial charge in [-0.15, -0.1) is 0 Å². The maximum Gasteiger partial charge on any atom is 0.270 e. The number of nitrogens with one attached hydrogen (secondary N) is 1. The van der Waals surface area contributed by atoms with E-state index in [1.807, 2.05) is 0 Å². The van der Waals surface area contributed by atoms with Crippen molar-refractivity contribution in [1.82, 2.24) is 20.2 Å². The van der Waals surface area contributed by atoms with E-state index < -0.39 is 0 Å². The second kappa shape index (κ2) is 8.02. The first kappa shape index (κ1) is 17.3. The van der Waals surface area contributed by atoms with Crippen molar-refractivity contribution in [3.63, 3.8) is 0 Å². The Morgan fingerprint density at radius 1 is 1.16 bits per heavy atom. The molecule has 6 nitrogen and oxygen atoms in total. The van der Waals surface area contributed by atoms with Gasteiger partial charge in [0.1, 0.15) is 23.7 Å². The van der Waals surface area contributed by atoms with Crippen molar-refractivity contribution >= 4 is 11.7 Å². The average Bonchev–Trinajstić information content (AvgIpc) is 2.67. The molecule has 0 spiro atoms. The van der Waals surface area contributed by atoms with Crippen molar-refractivity contribution in [3.8, 4) is 0 Å². The molecular formula is C18H22FN5O. The quantitative estimate of drug-likeness (QED) is 0.895. The van der Waals surface area contributed by atoms with E-state index in [2.05, 4.69) is 32.0 Å². The molecule has 0 bridgehead atoms. The zero-order valence-electron chi connectivity index (χ0n) is 14.3. The Morgan fingerprint density at radius 3 is 2.56 bits per heavy atom. The Bertz CT molecular complexity index is 714. The lowest BCUT2D eigenvalue weighted by Gasteiger charge is -2.34. The number of carbonyl (C=O) groups excluding carboxylic acids is 1. The van der Waals surface area contributed by atoms with E-state index in [1.54, 1.807) is 18.2 Å². The van der Waals surface area contributed by atoms with Crippen molar-refractivity contribution in [3.05, 3.63) is 53.7 Å². The van der Waals surface area contributed by atoms with Gasteiger partial charge in [-0.2, -0.15) is 0 Å². The van der Waals surface area contributed by atoms with E-state index in [1.165, 1.54) is 18.5 Å². The summed E-state index contributed by atoms with van der Waals surface area (Å²) in [5.74, 6) is 0.219. The summed E-state index contributed by atoms with van der Waals surface area (Å²) in [5.41, 5.74) is 1.17. The lowest BCUT2D eigenvalue weighted by molar-refractivity contribution is 0.0945. The highest BCUT2D eigenvalue weighted by Crippen LogP contribution is 2.14. The van der Waals surface area contributed by atoms with Crippen LogP contribution in [0.2, 0.25) is 0 Å². The number of likely N-dealkylation sites (N-methyl/N-ethyl adjacent to an activating group) is 1. The predicted molar refractivity (Wildman–Crippen MR) is 93.9 cm³/mol. The number of amides is 1. The maximum absolute atomic E-state index is 12.9. The number of piperazine rings is 1. The third kappa shape index (κ3) is 4.51. The van der Waals surface area contributed by atoms with Gasteiger partial charge >= 0.3 is 0 Å². The molecule has 1 fully saturated rings. The highest BCUT2D eigenvalue weighted by Gasteiger charge is 2.18. The standard InChI is InChI=1S/C18H22FN5O/c1-2-23-7-9-24(10-8-23)17-11-16(21-13-22-17)18(25)20-12-14-3-5-15(19)6-4-14/h3-6,11,13H,2,7-10,12H2,1H3,(H,20,25). The summed E-state index contributed by atoms with van der Waals surface area (Å²) in [6.07, 6.45) is 1.42.